The minimum atomic E-state index is -1.71. The van der Waals surface area contributed by atoms with Gasteiger partial charge in [-0.2, -0.15) is 0 Å². The first-order valence-corrected chi connectivity index (χ1v) is 14.5. The first-order chi connectivity index (χ1) is 14.6. The van der Waals surface area contributed by atoms with E-state index < -0.39 is 20.0 Å². The zero-order chi connectivity index (χ0) is 24.3. The number of carboxylic acid groups (broad SMARTS) is 1. The number of furan rings is 1. The van der Waals surface area contributed by atoms with E-state index >= 15 is 0 Å². The molecule has 0 saturated carbocycles. The fourth-order valence-corrected chi connectivity index (χ4v) is 5.77. The lowest BCUT2D eigenvalue weighted by atomic mass is 9.78. The first kappa shape index (κ1) is 25.9. The normalized spacial score (nSPS) is 12.6. The van der Waals surface area contributed by atoms with Crippen molar-refractivity contribution in [2.24, 2.45) is 0 Å². The van der Waals surface area contributed by atoms with Crippen LogP contribution in [-0.2, 0) is 26.8 Å². The number of hydrogen-bond acceptors (Lipinski definition) is 4. The number of hydrogen-bond donors (Lipinski definition) is 1. The van der Waals surface area contributed by atoms with Gasteiger partial charge in [0, 0.05) is 11.1 Å². The number of esters is 1. The van der Waals surface area contributed by atoms with E-state index in [9.17, 15) is 9.59 Å². The van der Waals surface area contributed by atoms with E-state index in [1.165, 1.54) is 5.56 Å². The first-order valence-electron chi connectivity index (χ1n) is 11.3. The Morgan fingerprint density at radius 3 is 2.00 bits per heavy atom. The average molecular weight is 459 g/mol. The van der Waals surface area contributed by atoms with Crippen LogP contribution < -0.4 is 10.1 Å². The number of carboxylic acids is 1. The molecule has 1 aromatic carbocycles. The summed E-state index contributed by atoms with van der Waals surface area (Å²) in [5, 5.41) is 10.0. The molecule has 32 heavy (non-hydrogen) atoms. The lowest BCUT2D eigenvalue weighted by Gasteiger charge is -2.30. The van der Waals surface area contributed by atoms with Crippen molar-refractivity contribution in [3.63, 3.8) is 0 Å². The van der Waals surface area contributed by atoms with Crippen LogP contribution in [0.25, 0.3) is 0 Å². The maximum atomic E-state index is 12.5. The molecule has 0 saturated heterocycles. The van der Waals surface area contributed by atoms with E-state index in [1.54, 1.807) is 6.26 Å². The largest absolute Gasteiger partial charge is 0.481 e. The van der Waals surface area contributed by atoms with Gasteiger partial charge in [-0.3, -0.25) is 9.59 Å². The molecule has 0 radical (unpaired) electrons. The number of benzene rings is 1. The highest BCUT2D eigenvalue weighted by Gasteiger charge is 2.31. The second kappa shape index (κ2) is 9.65. The van der Waals surface area contributed by atoms with Crippen molar-refractivity contribution in [1.29, 1.82) is 0 Å². The van der Waals surface area contributed by atoms with Crippen molar-refractivity contribution in [3.05, 3.63) is 47.2 Å². The van der Waals surface area contributed by atoms with Gasteiger partial charge in [-0.1, -0.05) is 66.8 Å². The Morgan fingerprint density at radius 1 is 1.00 bits per heavy atom. The predicted molar refractivity (Wildman–Crippen MR) is 131 cm³/mol. The number of ether oxygens (including phenoxy) is 1. The van der Waals surface area contributed by atoms with Crippen molar-refractivity contribution in [3.8, 4) is 5.75 Å². The number of aryl methyl sites for hydroxylation is 1. The molecular weight excluding hydrogens is 420 g/mol. The van der Waals surface area contributed by atoms with Crippen molar-refractivity contribution < 1.29 is 23.8 Å². The molecule has 0 unspecified atom stereocenters. The van der Waals surface area contributed by atoms with Gasteiger partial charge in [0.1, 0.15) is 13.8 Å². The third-order valence-electron chi connectivity index (χ3n) is 5.75. The number of rotatable bonds is 8. The van der Waals surface area contributed by atoms with Gasteiger partial charge in [-0.05, 0) is 41.0 Å². The van der Waals surface area contributed by atoms with Crippen molar-refractivity contribution in [2.75, 3.05) is 0 Å². The highest BCUT2D eigenvalue weighted by Crippen LogP contribution is 2.41. The van der Waals surface area contributed by atoms with Crippen molar-refractivity contribution in [1.82, 2.24) is 0 Å². The number of carbonyl (C=O) groups is 2. The molecule has 0 spiro atoms. The van der Waals surface area contributed by atoms with Crippen molar-refractivity contribution >= 4 is 25.4 Å². The Morgan fingerprint density at radius 2 is 1.56 bits per heavy atom. The van der Waals surface area contributed by atoms with Gasteiger partial charge >= 0.3 is 11.9 Å². The summed E-state index contributed by atoms with van der Waals surface area (Å²) in [6.45, 7) is 17.3. The highest BCUT2D eigenvalue weighted by atomic mass is 28.3. The Kier molecular flexibility index (Phi) is 7.82. The van der Waals surface area contributed by atoms with Gasteiger partial charge in [0.25, 0.3) is 0 Å². The topological polar surface area (TPSA) is 76.7 Å². The Labute approximate surface area is 193 Å². The summed E-state index contributed by atoms with van der Waals surface area (Å²) in [5.74, 6) is -0.943. The zero-order valence-corrected chi connectivity index (χ0v) is 21.8. The molecule has 0 aliphatic rings. The second-order valence-corrected chi connectivity index (χ2v) is 16.0. The summed E-state index contributed by atoms with van der Waals surface area (Å²) in [5.41, 5.74) is 2.68. The predicted octanol–water partition coefficient (Wildman–Crippen LogP) is 5.80. The highest BCUT2D eigenvalue weighted by molar-refractivity contribution is 6.88. The van der Waals surface area contributed by atoms with Crippen LogP contribution >= 0.6 is 0 Å². The molecule has 2 aromatic rings. The van der Waals surface area contributed by atoms with Crippen LogP contribution in [0.15, 0.2) is 34.9 Å². The summed E-state index contributed by atoms with van der Waals surface area (Å²) < 4.78 is 11.5. The smallest absolute Gasteiger partial charge is 0.311 e. The lowest BCUT2D eigenvalue weighted by Crippen LogP contribution is -2.40. The molecule has 1 N–H and O–H groups in total. The molecule has 0 aliphatic carbocycles. The van der Waals surface area contributed by atoms with E-state index in [1.807, 2.05) is 6.07 Å². The Bertz CT molecular complexity index is 909. The fourth-order valence-electron chi connectivity index (χ4n) is 3.67. The standard InChI is InChI=1S/C26H38O5Si/c1-25(2,3)19-16-18(13-15-32(7,8)23-10-9-14-30-23)17-20(26(4,5)6)24(19)31-22(29)12-11-21(27)28/h9-10,14,16-17H,11-13,15H2,1-8H3,(H,27,28). The SMILES string of the molecule is CC(C)(C)c1cc(CC[Si](C)(C)c2ccco2)cc(C(C)(C)C)c1OC(=O)CCC(=O)O. The molecule has 5 nitrogen and oxygen atoms in total. The third-order valence-corrected chi connectivity index (χ3v) is 8.87. The van der Waals surface area contributed by atoms with E-state index in [-0.39, 0.29) is 23.7 Å². The maximum Gasteiger partial charge on any atom is 0.311 e. The molecule has 0 atom stereocenters. The molecular formula is C26H38O5Si. The Hall–Kier alpha value is -2.34. The fraction of sp³-hybridized carbons (Fsp3) is 0.538. The lowest BCUT2D eigenvalue weighted by molar-refractivity contribution is -0.142. The van der Waals surface area contributed by atoms with Gasteiger partial charge in [-0.25, -0.2) is 0 Å². The summed E-state index contributed by atoms with van der Waals surface area (Å²) in [6, 6.07) is 9.38. The molecule has 6 heteroatoms. The third kappa shape index (κ3) is 6.83. The van der Waals surface area contributed by atoms with E-state index in [0.717, 1.165) is 29.0 Å². The van der Waals surface area contributed by atoms with Gasteiger partial charge in [0.15, 0.2) is 0 Å². The maximum absolute atomic E-state index is 12.5. The van der Waals surface area contributed by atoms with Gasteiger partial charge in [-0.15, -0.1) is 0 Å². The monoisotopic (exact) mass is 458 g/mol. The van der Waals surface area contributed by atoms with Crippen LogP contribution in [-0.4, -0.2) is 25.1 Å². The summed E-state index contributed by atoms with van der Waals surface area (Å²) in [6.07, 6.45) is 2.28. The van der Waals surface area contributed by atoms with Gasteiger partial charge in [0.05, 0.1) is 24.5 Å². The Balaban J connectivity index is 2.45. The quantitative estimate of drug-likeness (QED) is 0.307. The average Bonchev–Trinajstić information content (AvgIpc) is 3.19. The zero-order valence-electron chi connectivity index (χ0n) is 20.8. The molecule has 2 rings (SSSR count). The molecule has 0 aliphatic heterocycles. The summed E-state index contributed by atoms with van der Waals surface area (Å²) >= 11 is 0. The van der Waals surface area contributed by atoms with Crippen LogP contribution in [0.2, 0.25) is 19.1 Å². The molecule has 0 fully saturated rings. The molecule has 0 amide bonds. The van der Waals surface area contributed by atoms with E-state index in [0.29, 0.717) is 5.75 Å². The molecule has 0 bridgehead atoms. The minimum absolute atomic E-state index is 0.146. The van der Waals surface area contributed by atoms with Gasteiger partial charge in [0.2, 0.25) is 0 Å². The van der Waals surface area contributed by atoms with Gasteiger partial charge < -0.3 is 14.3 Å². The van der Waals surface area contributed by atoms with Crippen LogP contribution in [0.5, 0.6) is 5.75 Å². The van der Waals surface area contributed by atoms with Crippen LogP contribution in [0, 0.1) is 0 Å². The van der Waals surface area contributed by atoms with Crippen LogP contribution in [0.1, 0.15) is 71.1 Å². The number of aliphatic carboxylic acids is 1. The van der Waals surface area contributed by atoms with Crippen LogP contribution in [0.4, 0.5) is 0 Å². The van der Waals surface area contributed by atoms with Crippen LogP contribution in [0.3, 0.4) is 0 Å². The summed E-state index contributed by atoms with van der Waals surface area (Å²) in [7, 11) is -1.71. The molecule has 176 valence electrons. The summed E-state index contributed by atoms with van der Waals surface area (Å²) in [4.78, 5) is 23.3. The van der Waals surface area contributed by atoms with E-state index in [2.05, 4.69) is 72.8 Å². The van der Waals surface area contributed by atoms with E-state index in [4.69, 9.17) is 14.3 Å². The second-order valence-electron chi connectivity index (χ2n) is 11.2. The molecule has 1 heterocycles. The van der Waals surface area contributed by atoms with Crippen molar-refractivity contribution in [2.45, 2.75) is 90.8 Å². The minimum Gasteiger partial charge on any atom is -0.481 e. The molecule has 1 aromatic heterocycles. The number of carbonyl (C=O) groups excluding carboxylic acids is 1.